The molecule has 1 aromatic carbocycles. The molecule has 0 aromatic heterocycles. The van der Waals surface area contributed by atoms with E-state index in [0.29, 0.717) is 18.4 Å². The molecule has 0 amide bonds. The summed E-state index contributed by atoms with van der Waals surface area (Å²) in [6.07, 6.45) is 2.93. The summed E-state index contributed by atoms with van der Waals surface area (Å²) in [5.41, 5.74) is 0.122. The molecule has 1 aliphatic rings. The molecule has 0 heterocycles. The van der Waals surface area contributed by atoms with Crippen LogP contribution in [0.15, 0.2) is 24.3 Å². The molecular weight excluding hydrogens is 270 g/mol. The lowest BCUT2D eigenvalue weighted by Gasteiger charge is -2.26. The highest BCUT2D eigenvalue weighted by molar-refractivity contribution is 5.78. The molecule has 0 radical (unpaired) electrons. The number of aliphatic carboxylic acids is 1. The Morgan fingerprint density at radius 2 is 2.05 bits per heavy atom. The van der Waals surface area contributed by atoms with E-state index in [1.165, 1.54) is 5.56 Å². The van der Waals surface area contributed by atoms with Gasteiger partial charge < -0.3 is 14.6 Å². The van der Waals surface area contributed by atoms with Crippen molar-refractivity contribution < 1.29 is 19.4 Å². The zero-order valence-electron chi connectivity index (χ0n) is 12.6. The maximum Gasteiger partial charge on any atom is 0.327 e. The van der Waals surface area contributed by atoms with Gasteiger partial charge in [-0.05, 0) is 43.9 Å². The molecule has 2 rings (SSSR count). The van der Waals surface area contributed by atoms with Gasteiger partial charge in [-0.15, -0.1) is 0 Å². The monoisotopic (exact) mass is 293 g/mol. The van der Waals surface area contributed by atoms with Crippen molar-refractivity contribution in [3.05, 3.63) is 29.8 Å². The predicted octanol–water partition coefficient (Wildman–Crippen LogP) is 1.85. The Bertz CT molecular complexity index is 470. The number of carboxylic acids is 1. The van der Waals surface area contributed by atoms with E-state index in [0.717, 1.165) is 19.3 Å². The molecule has 5 heteroatoms. The van der Waals surface area contributed by atoms with Gasteiger partial charge in [0.05, 0.1) is 6.61 Å². The number of nitrogens with one attached hydrogen (secondary N) is 1. The molecule has 1 saturated carbocycles. The second kappa shape index (κ2) is 6.91. The molecule has 0 aliphatic heterocycles. The Labute approximate surface area is 125 Å². The summed E-state index contributed by atoms with van der Waals surface area (Å²) in [5.74, 6) is -0.202. The summed E-state index contributed by atoms with van der Waals surface area (Å²) in [5, 5.41) is 12.5. The topological polar surface area (TPSA) is 67.8 Å². The SMILES string of the molecule is COCCc1ccc(OCC(C)(NC2CC2)C(=O)O)cc1. The first-order valence-electron chi connectivity index (χ1n) is 7.25. The van der Waals surface area contributed by atoms with Gasteiger partial charge in [-0.1, -0.05) is 12.1 Å². The lowest BCUT2D eigenvalue weighted by atomic mass is 10.0. The third-order valence-corrected chi connectivity index (χ3v) is 3.62. The molecule has 1 fully saturated rings. The Morgan fingerprint density at radius 3 is 2.57 bits per heavy atom. The van der Waals surface area contributed by atoms with E-state index in [1.54, 1.807) is 14.0 Å². The fraction of sp³-hybridized carbons (Fsp3) is 0.562. The fourth-order valence-electron chi connectivity index (χ4n) is 2.04. The molecule has 21 heavy (non-hydrogen) atoms. The van der Waals surface area contributed by atoms with E-state index in [9.17, 15) is 9.90 Å². The molecular formula is C16H23NO4. The number of carbonyl (C=O) groups is 1. The summed E-state index contributed by atoms with van der Waals surface area (Å²) in [4.78, 5) is 11.4. The van der Waals surface area contributed by atoms with Crippen LogP contribution in [0.25, 0.3) is 0 Å². The first-order chi connectivity index (χ1) is 10.0. The smallest absolute Gasteiger partial charge is 0.327 e. The quantitative estimate of drug-likeness (QED) is 0.727. The summed E-state index contributed by atoms with van der Waals surface area (Å²) >= 11 is 0. The van der Waals surface area contributed by atoms with Gasteiger partial charge in [0.15, 0.2) is 0 Å². The van der Waals surface area contributed by atoms with E-state index in [4.69, 9.17) is 9.47 Å². The Kier molecular flexibility index (Phi) is 5.20. The molecule has 0 bridgehead atoms. The Balaban J connectivity index is 1.89. The molecule has 2 N–H and O–H groups in total. The third-order valence-electron chi connectivity index (χ3n) is 3.62. The van der Waals surface area contributed by atoms with Crippen LogP contribution in [-0.4, -0.2) is 43.0 Å². The number of hydrogen-bond donors (Lipinski definition) is 2. The Hall–Kier alpha value is -1.59. The van der Waals surface area contributed by atoms with Gasteiger partial charge in [0.2, 0.25) is 0 Å². The van der Waals surface area contributed by atoms with E-state index in [2.05, 4.69) is 5.32 Å². The van der Waals surface area contributed by atoms with Gasteiger partial charge in [-0.25, -0.2) is 0 Å². The zero-order valence-corrected chi connectivity index (χ0v) is 12.6. The number of ether oxygens (including phenoxy) is 2. The maximum atomic E-state index is 11.4. The van der Waals surface area contributed by atoms with E-state index >= 15 is 0 Å². The highest BCUT2D eigenvalue weighted by atomic mass is 16.5. The molecule has 1 atom stereocenters. The summed E-state index contributed by atoms with van der Waals surface area (Å²) in [6.45, 7) is 2.46. The first kappa shape index (κ1) is 15.8. The van der Waals surface area contributed by atoms with Crippen LogP contribution < -0.4 is 10.1 Å². The highest BCUT2D eigenvalue weighted by Gasteiger charge is 2.39. The van der Waals surface area contributed by atoms with Gasteiger partial charge in [0.1, 0.15) is 17.9 Å². The van der Waals surface area contributed by atoms with Crippen LogP contribution in [0.4, 0.5) is 0 Å². The molecule has 0 saturated heterocycles. The van der Waals surface area contributed by atoms with Crippen molar-refractivity contribution in [2.45, 2.75) is 37.8 Å². The summed E-state index contributed by atoms with van der Waals surface area (Å²) < 4.78 is 10.7. The lowest BCUT2D eigenvalue weighted by molar-refractivity contribution is -0.145. The fourth-order valence-corrected chi connectivity index (χ4v) is 2.04. The van der Waals surface area contributed by atoms with Crippen molar-refractivity contribution >= 4 is 5.97 Å². The van der Waals surface area contributed by atoms with Crippen LogP contribution in [0.2, 0.25) is 0 Å². The van der Waals surface area contributed by atoms with Gasteiger partial charge in [-0.3, -0.25) is 10.1 Å². The molecule has 5 nitrogen and oxygen atoms in total. The van der Waals surface area contributed by atoms with E-state index < -0.39 is 11.5 Å². The molecule has 116 valence electrons. The van der Waals surface area contributed by atoms with Crippen LogP contribution in [0, 0.1) is 0 Å². The lowest BCUT2D eigenvalue weighted by Crippen LogP contribution is -2.54. The summed E-state index contributed by atoms with van der Waals surface area (Å²) in [7, 11) is 1.68. The molecule has 0 spiro atoms. The average molecular weight is 293 g/mol. The Morgan fingerprint density at radius 1 is 1.38 bits per heavy atom. The molecule has 1 aromatic rings. The first-order valence-corrected chi connectivity index (χ1v) is 7.25. The second-order valence-corrected chi connectivity index (χ2v) is 5.73. The minimum absolute atomic E-state index is 0.107. The van der Waals surface area contributed by atoms with Gasteiger partial charge in [-0.2, -0.15) is 0 Å². The highest BCUT2D eigenvalue weighted by Crippen LogP contribution is 2.23. The maximum absolute atomic E-state index is 11.4. The van der Waals surface area contributed by atoms with Crippen molar-refractivity contribution in [2.24, 2.45) is 0 Å². The molecule has 1 unspecified atom stereocenters. The minimum atomic E-state index is -1.05. The van der Waals surface area contributed by atoms with Crippen molar-refractivity contribution in [1.29, 1.82) is 0 Å². The number of hydrogen-bond acceptors (Lipinski definition) is 4. The van der Waals surface area contributed by atoms with Crippen LogP contribution in [0.5, 0.6) is 5.75 Å². The second-order valence-electron chi connectivity index (χ2n) is 5.73. The van der Waals surface area contributed by atoms with Crippen molar-refractivity contribution in [3.63, 3.8) is 0 Å². The van der Waals surface area contributed by atoms with Crippen LogP contribution in [0.3, 0.4) is 0 Å². The van der Waals surface area contributed by atoms with Gasteiger partial charge >= 0.3 is 5.97 Å². The number of rotatable bonds is 9. The normalized spacial score (nSPS) is 17.2. The predicted molar refractivity (Wildman–Crippen MR) is 79.7 cm³/mol. The van der Waals surface area contributed by atoms with Crippen molar-refractivity contribution in [2.75, 3.05) is 20.3 Å². The number of carboxylic acid groups (broad SMARTS) is 1. The van der Waals surface area contributed by atoms with Gasteiger partial charge in [0.25, 0.3) is 0 Å². The average Bonchev–Trinajstić information content (AvgIpc) is 3.27. The van der Waals surface area contributed by atoms with Crippen molar-refractivity contribution in [1.82, 2.24) is 5.32 Å². The van der Waals surface area contributed by atoms with Gasteiger partial charge in [0, 0.05) is 13.2 Å². The van der Waals surface area contributed by atoms with E-state index in [-0.39, 0.29) is 6.61 Å². The third kappa shape index (κ3) is 4.72. The largest absolute Gasteiger partial charge is 0.491 e. The zero-order chi connectivity index (χ0) is 15.3. The minimum Gasteiger partial charge on any atom is -0.491 e. The van der Waals surface area contributed by atoms with E-state index in [1.807, 2.05) is 24.3 Å². The van der Waals surface area contributed by atoms with Crippen LogP contribution in [0.1, 0.15) is 25.3 Å². The summed E-state index contributed by atoms with van der Waals surface area (Å²) in [6, 6.07) is 7.99. The van der Waals surface area contributed by atoms with Crippen molar-refractivity contribution in [3.8, 4) is 5.75 Å². The van der Waals surface area contributed by atoms with Crippen LogP contribution >= 0.6 is 0 Å². The number of methoxy groups -OCH3 is 1. The standard InChI is InChI=1S/C16H23NO4/c1-16(15(18)19,17-13-5-6-13)11-21-14-7-3-12(4-8-14)9-10-20-2/h3-4,7-8,13,17H,5-6,9-11H2,1-2H3,(H,18,19). The number of benzene rings is 1. The molecule has 1 aliphatic carbocycles. The van der Waals surface area contributed by atoms with Crippen LogP contribution in [-0.2, 0) is 16.0 Å².